The molecule has 0 spiro atoms. The summed E-state index contributed by atoms with van der Waals surface area (Å²) in [6, 6.07) is 0. The van der Waals surface area contributed by atoms with E-state index in [2.05, 4.69) is 9.97 Å². The minimum absolute atomic E-state index is 0.0501. The number of amides is 2. The predicted molar refractivity (Wildman–Crippen MR) is 85.2 cm³/mol. The van der Waals surface area contributed by atoms with Crippen molar-refractivity contribution in [1.29, 1.82) is 0 Å². The van der Waals surface area contributed by atoms with Gasteiger partial charge in [-0.15, -0.1) is 0 Å². The van der Waals surface area contributed by atoms with Gasteiger partial charge in [-0.2, -0.15) is 4.90 Å². The molecular formula is C14H22BN3O4. The second-order valence-electron chi connectivity index (χ2n) is 6.81. The Kier molecular flexibility index (Phi) is 5.16. The largest absolute Gasteiger partial charge is 0.443 e. The Balaban J connectivity index is 3.12. The molecule has 22 heavy (non-hydrogen) atoms. The molecule has 0 N–H and O–H groups in total. The van der Waals surface area contributed by atoms with E-state index in [0.717, 1.165) is 4.90 Å². The van der Waals surface area contributed by atoms with Crippen molar-refractivity contribution in [2.45, 2.75) is 52.7 Å². The Hall–Kier alpha value is -2.12. The van der Waals surface area contributed by atoms with E-state index in [1.165, 1.54) is 12.4 Å². The second-order valence-corrected chi connectivity index (χ2v) is 6.81. The maximum atomic E-state index is 12.3. The van der Waals surface area contributed by atoms with Crippen LogP contribution in [-0.4, -0.2) is 41.2 Å². The molecule has 1 aromatic heterocycles. The summed E-state index contributed by atoms with van der Waals surface area (Å²) in [7, 11) is 1.75. The summed E-state index contributed by atoms with van der Waals surface area (Å²) in [6.45, 7) is 10.2. The molecule has 0 unspecified atom stereocenters. The quantitative estimate of drug-likeness (QED) is 0.730. The topological polar surface area (TPSA) is 81.6 Å². The lowest BCUT2D eigenvalue weighted by atomic mass is 10.1. The van der Waals surface area contributed by atoms with Crippen LogP contribution in [0.15, 0.2) is 12.4 Å². The van der Waals surface area contributed by atoms with Gasteiger partial charge in [0.15, 0.2) is 13.7 Å². The van der Waals surface area contributed by atoms with Gasteiger partial charge in [0.25, 0.3) is 0 Å². The van der Waals surface area contributed by atoms with Crippen molar-refractivity contribution in [2.24, 2.45) is 0 Å². The van der Waals surface area contributed by atoms with Gasteiger partial charge in [0, 0.05) is 11.8 Å². The van der Waals surface area contributed by atoms with E-state index in [4.69, 9.17) is 9.47 Å². The van der Waals surface area contributed by atoms with Crippen LogP contribution in [0.4, 0.5) is 15.4 Å². The zero-order chi connectivity index (χ0) is 17.1. The van der Waals surface area contributed by atoms with Crippen LogP contribution in [0.5, 0.6) is 0 Å². The molecule has 2 amide bonds. The molecule has 0 aliphatic heterocycles. The number of nitrogens with zero attached hydrogens (tertiary/aromatic N) is 3. The van der Waals surface area contributed by atoms with Crippen LogP contribution in [-0.2, 0) is 9.47 Å². The smallest absolute Gasteiger partial charge is 0.425 e. The number of ether oxygens (including phenoxy) is 2. The summed E-state index contributed by atoms with van der Waals surface area (Å²) in [6.07, 6.45) is 1.06. The van der Waals surface area contributed by atoms with E-state index in [0.29, 0.717) is 5.59 Å². The average Bonchev–Trinajstić information content (AvgIpc) is 2.27. The Morgan fingerprint density at radius 2 is 1.41 bits per heavy atom. The van der Waals surface area contributed by atoms with E-state index in [9.17, 15) is 9.59 Å². The Labute approximate surface area is 131 Å². The summed E-state index contributed by atoms with van der Waals surface area (Å²) >= 11 is 0. The zero-order valence-corrected chi connectivity index (χ0v) is 14.1. The number of aromatic nitrogens is 2. The van der Waals surface area contributed by atoms with E-state index >= 15 is 0 Å². The van der Waals surface area contributed by atoms with Crippen molar-refractivity contribution in [1.82, 2.24) is 9.97 Å². The van der Waals surface area contributed by atoms with Crippen LogP contribution in [0.2, 0.25) is 0 Å². The third-order valence-electron chi connectivity index (χ3n) is 2.15. The summed E-state index contributed by atoms with van der Waals surface area (Å²) in [5.74, 6) is 0.0501. The molecule has 0 atom stereocenters. The molecule has 0 fully saturated rings. The van der Waals surface area contributed by atoms with E-state index < -0.39 is 23.4 Å². The van der Waals surface area contributed by atoms with Crippen LogP contribution in [0.1, 0.15) is 41.5 Å². The lowest BCUT2D eigenvalue weighted by Gasteiger charge is -2.27. The molecule has 0 bridgehead atoms. The highest BCUT2D eigenvalue weighted by Gasteiger charge is 2.33. The number of rotatable bonds is 1. The summed E-state index contributed by atoms with van der Waals surface area (Å²) in [5, 5.41) is 0. The van der Waals surface area contributed by atoms with E-state index in [1.807, 2.05) is 0 Å². The molecule has 7 nitrogen and oxygen atoms in total. The monoisotopic (exact) mass is 307 g/mol. The minimum Gasteiger partial charge on any atom is -0.443 e. The Morgan fingerprint density at radius 3 is 1.73 bits per heavy atom. The Morgan fingerprint density at radius 1 is 0.955 bits per heavy atom. The van der Waals surface area contributed by atoms with Crippen molar-refractivity contribution in [3.8, 4) is 0 Å². The lowest BCUT2D eigenvalue weighted by Crippen LogP contribution is -2.44. The van der Waals surface area contributed by atoms with Gasteiger partial charge in [-0.1, -0.05) is 0 Å². The number of hydrogen-bond donors (Lipinski definition) is 0. The first kappa shape index (κ1) is 17.9. The third kappa shape index (κ3) is 5.71. The predicted octanol–water partition coefficient (Wildman–Crippen LogP) is 1.41. The highest BCUT2D eigenvalue weighted by molar-refractivity contribution is 6.30. The molecule has 0 aliphatic carbocycles. The normalized spacial score (nSPS) is 11.7. The van der Waals surface area contributed by atoms with Gasteiger partial charge in [-0.3, -0.25) is 4.98 Å². The molecular weight excluding hydrogens is 285 g/mol. The fourth-order valence-electron chi connectivity index (χ4n) is 1.38. The van der Waals surface area contributed by atoms with Crippen LogP contribution >= 0.6 is 0 Å². The second kappa shape index (κ2) is 6.33. The zero-order valence-electron chi connectivity index (χ0n) is 14.1. The summed E-state index contributed by atoms with van der Waals surface area (Å²) < 4.78 is 10.5. The van der Waals surface area contributed by atoms with Crippen molar-refractivity contribution >= 4 is 31.4 Å². The number of carbonyl (C=O) groups is 2. The number of imide groups is 1. The van der Waals surface area contributed by atoms with Crippen molar-refractivity contribution in [3.63, 3.8) is 0 Å². The molecule has 0 saturated carbocycles. The fourth-order valence-corrected chi connectivity index (χ4v) is 1.38. The number of anilines is 1. The van der Waals surface area contributed by atoms with Gasteiger partial charge >= 0.3 is 12.2 Å². The first-order chi connectivity index (χ1) is 9.89. The average molecular weight is 307 g/mol. The molecule has 0 aliphatic rings. The molecule has 1 heterocycles. The van der Waals surface area contributed by atoms with Gasteiger partial charge in [0.1, 0.15) is 11.2 Å². The maximum Gasteiger partial charge on any atom is 0.425 e. The lowest BCUT2D eigenvalue weighted by molar-refractivity contribution is 0.0429. The van der Waals surface area contributed by atoms with Crippen LogP contribution in [0.3, 0.4) is 0 Å². The van der Waals surface area contributed by atoms with Gasteiger partial charge in [-0.05, 0) is 41.5 Å². The van der Waals surface area contributed by atoms with Gasteiger partial charge in [0.2, 0.25) is 0 Å². The van der Waals surface area contributed by atoms with Gasteiger partial charge < -0.3 is 9.47 Å². The molecule has 0 aromatic carbocycles. The van der Waals surface area contributed by atoms with Crippen molar-refractivity contribution in [3.05, 3.63) is 12.4 Å². The molecule has 1 aromatic rings. The summed E-state index contributed by atoms with van der Waals surface area (Å²) in [4.78, 5) is 33.4. The van der Waals surface area contributed by atoms with Crippen molar-refractivity contribution < 1.29 is 19.1 Å². The first-order valence-electron chi connectivity index (χ1n) is 6.94. The molecule has 8 heteroatoms. The fraction of sp³-hybridized carbons (Fsp3) is 0.571. The maximum absolute atomic E-state index is 12.3. The molecule has 120 valence electrons. The minimum atomic E-state index is -0.861. The third-order valence-corrected chi connectivity index (χ3v) is 2.15. The number of hydrogen-bond acceptors (Lipinski definition) is 6. The SMILES string of the molecule is Bc1cnc(N(C(=O)OC(C)(C)C)C(=O)OC(C)(C)C)cn1. The summed E-state index contributed by atoms with van der Waals surface area (Å²) in [5.41, 5.74) is -0.845. The van der Waals surface area contributed by atoms with Crippen LogP contribution in [0, 0.1) is 0 Å². The van der Waals surface area contributed by atoms with E-state index in [1.54, 1.807) is 49.4 Å². The first-order valence-corrected chi connectivity index (χ1v) is 6.94. The van der Waals surface area contributed by atoms with E-state index in [-0.39, 0.29) is 5.82 Å². The highest BCUT2D eigenvalue weighted by atomic mass is 16.6. The van der Waals surface area contributed by atoms with Crippen LogP contribution in [0.25, 0.3) is 0 Å². The Bertz CT molecular complexity index is 519. The van der Waals surface area contributed by atoms with Crippen molar-refractivity contribution in [2.75, 3.05) is 4.90 Å². The highest BCUT2D eigenvalue weighted by Crippen LogP contribution is 2.18. The van der Waals surface area contributed by atoms with Gasteiger partial charge in [-0.25, -0.2) is 14.6 Å². The number of carbonyl (C=O) groups excluding carboxylic acids is 2. The molecule has 1 rings (SSSR count). The van der Waals surface area contributed by atoms with Gasteiger partial charge in [0.05, 0.1) is 6.20 Å². The molecule has 0 saturated heterocycles. The standard InChI is InChI=1S/C14H22BN3O4/c1-13(2,3)21-11(19)18(12(20)22-14(4,5)6)10-8-16-9(15)7-17-10/h7-8H,15H2,1-6H3. The van der Waals surface area contributed by atoms with Crippen LogP contribution < -0.4 is 10.5 Å². The molecule has 0 radical (unpaired) electrons.